The molecule has 0 radical (unpaired) electrons. The number of aromatic nitrogens is 2. The lowest BCUT2D eigenvalue weighted by atomic mass is 10.0. The van der Waals surface area contributed by atoms with Crippen molar-refractivity contribution in [1.29, 1.82) is 0 Å². The summed E-state index contributed by atoms with van der Waals surface area (Å²) in [6, 6.07) is 6.34. The fraction of sp³-hybridized carbons (Fsp3) is 0.462. The molecular weight excluding hydrogens is 198 g/mol. The van der Waals surface area contributed by atoms with Crippen LogP contribution in [-0.4, -0.2) is 15.1 Å². The van der Waals surface area contributed by atoms with E-state index in [2.05, 4.69) is 27.8 Å². The first-order valence-corrected chi connectivity index (χ1v) is 5.86. The fourth-order valence-electron chi connectivity index (χ4n) is 2.29. The second kappa shape index (κ2) is 3.32. The van der Waals surface area contributed by atoms with Gasteiger partial charge in [-0.2, -0.15) is 0 Å². The van der Waals surface area contributed by atoms with Crippen molar-refractivity contribution in [3.8, 4) is 0 Å². The Labute approximate surface area is 95.3 Å². The zero-order chi connectivity index (χ0) is 11.2. The van der Waals surface area contributed by atoms with Crippen LogP contribution in [0.25, 0.3) is 11.0 Å². The molecule has 0 bridgehead atoms. The number of fused-ring (bicyclic) bond motifs is 1. The number of benzene rings is 1. The number of hydrogen-bond acceptors (Lipinski definition) is 2. The quantitative estimate of drug-likeness (QED) is 0.851. The highest BCUT2D eigenvalue weighted by molar-refractivity contribution is 5.78. The van der Waals surface area contributed by atoms with Crippen molar-refractivity contribution in [2.24, 2.45) is 12.8 Å². The van der Waals surface area contributed by atoms with Crippen molar-refractivity contribution in [1.82, 2.24) is 9.55 Å². The van der Waals surface area contributed by atoms with E-state index in [9.17, 15) is 0 Å². The van der Waals surface area contributed by atoms with Crippen LogP contribution in [-0.2, 0) is 13.5 Å². The van der Waals surface area contributed by atoms with E-state index in [4.69, 9.17) is 5.73 Å². The largest absolute Gasteiger partial charge is 0.334 e. The van der Waals surface area contributed by atoms with Crippen molar-refractivity contribution in [2.45, 2.75) is 31.2 Å². The number of para-hydroxylation sites is 1. The first kappa shape index (κ1) is 9.85. The second-order valence-corrected chi connectivity index (χ2v) is 5.00. The summed E-state index contributed by atoms with van der Waals surface area (Å²) in [5.41, 5.74) is 9.98. The highest BCUT2D eigenvalue weighted by atomic mass is 15.0. The first-order chi connectivity index (χ1) is 7.68. The molecule has 3 heteroatoms. The van der Waals surface area contributed by atoms with E-state index in [1.165, 1.54) is 23.9 Å². The summed E-state index contributed by atoms with van der Waals surface area (Å²) < 4.78 is 2.10. The van der Waals surface area contributed by atoms with E-state index in [1.54, 1.807) is 0 Å². The van der Waals surface area contributed by atoms with Crippen LogP contribution in [0.15, 0.2) is 24.5 Å². The third-order valence-electron chi connectivity index (χ3n) is 3.61. The monoisotopic (exact) mass is 215 g/mol. The Morgan fingerprint density at radius 3 is 3.00 bits per heavy atom. The summed E-state index contributed by atoms with van der Waals surface area (Å²) in [6.45, 7) is 0. The zero-order valence-electron chi connectivity index (χ0n) is 9.61. The van der Waals surface area contributed by atoms with Crippen LogP contribution in [0.2, 0.25) is 0 Å². The van der Waals surface area contributed by atoms with Crippen molar-refractivity contribution in [2.75, 3.05) is 0 Å². The normalized spacial score (nSPS) is 17.9. The molecule has 16 heavy (non-hydrogen) atoms. The van der Waals surface area contributed by atoms with Gasteiger partial charge in [0.25, 0.3) is 0 Å². The lowest BCUT2D eigenvalue weighted by Crippen LogP contribution is -2.22. The molecule has 1 saturated carbocycles. The van der Waals surface area contributed by atoms with Gasteiger partial charge in [-0.1, -0.05) is 12.1 Å². The molecule has 1 aliphatic carbocycles. The molecule has 1 heterocycles. The fourth-order valence-corrected chi connectivity index (χ4v) is 2.29. The number of aryl methyl sites for hydroxylation is 2. The van der Waals surface area contributed by atoms with Crippen molar-refractivity contribution in [3.63, 3.8) is 0 Å². The predicted octanol–water partition coefficient (Wildman–Crippen LogP) is 2.00. The summed E-state index contributed by atoms with van der Waals surface area (Å²) >= 11 is 0. The van der Waals surface area contributed by atoms with Crippen LogP contribution < -0.4 is 5.73 Å². The minimum atomic E-state index is 0.140. The van der Waals surface area contributed by atoms with Crippen LogP contribution in [0.5, 0.6) is 0 Å². The number of nitrogens with zero attached hydrogens (tertiary/aromatic N) is 2. The second-order valence-electron chi connectivity index (χ2n) is 5.00. The molecule has 0 atom stereocenters. The maximum atomic E-state index is 6.13. The van der Waals surface area contributed by atoms with E-state index in [-0.39, 0.29) is 5.54 Å². The molecule has 0 amide bonds. The number of nitrogens with two attached hydrogens (primary N) is 1. The molecule has 2 N–H and O–H groups in total. The maximum absolute atomic E-state index is 6.13. The summed E-state index contributed by atoms with van der Waals surface area (Å²) in [6.07, 6.45) is 6.41. The highest BCUT2D eigenvalue weighted by Crippen LogP contribution is 2.37. The Bertz CT molecular complexity index is 523. The van der Waals surface area contributed by atoms with Gasteiger partial charge in [-0.05, 0) is 37.3 Å². The molecular formula is C13H17N3. The lowest BCUT2D eigenvalue weighted by molar-refractivity contribution is 0.610. The molecule has 0 saturated heterocycles. The minimum Gasteiger partial charge on any atom is -0.334 e. The van der Waals surface area contributed by atoms with E-state index >= 15 is 0 Å². The van der Waals surface area contributed by atoms with Crippen molar-refractivity contribution in [3.05, 3.63) is 30.1 Å². The summed E-state index contributed by atoms with van der Waals surface area (Å²) in [5.74, 6) is 0. The Hall–Kier alpha value is -1.35. The summed E-state index contributed by atoms with van der Waals surface area (Å²) in [4.78, 5) is 4.37. The maximum Gasteiger partial charge on any atom is 0.0955 e. The molecule has 3 nitrogen and oxygen atoms in total. The van der Waals surface area contributed by atoms with Crippen molar-refractivity contribution >= 4 is 11.0 Å². The lowest BCUT2D eigenvalue weighted by Gasteiger charge is -2.09. The molecule has 2 aromatic rings. The molecule has 84 valence electrons. The van der Waals surface area contributed by atoms with Crippen molar-refractivity contribution < 1.29 is 0 Å². The molecule has 0 aliphatic heterocycles. The third kappa shape index (κ3) is 1.61. The minimum absolute atomic E-state index is 0.140. The van der Waals surface area contributed by atoms with Gasteiger partial charge in [-0.25, -0.2) is 4.98 Å². The average Bonchev–Trinajstić information content (AvgIpc) is 2.90. The molecule has 1 aromatic carbocycles. The Balaban J connectivity index is 1.93. The molecule has 3 rings (SSSR count). The van der Waals surface area contributed by atoms with Gasteiger partial charge in [0, 0.05) is 12.6 Å². The van der Waals surface area contributed by atoms with Gasteiger partial charge < -0.3 is 10.3 Å². The van der Waals surface area contributed by atoms with E-state index in [0.717, 1.165) is 18.4 Å². The van der Waals surface area contributed by atoms with Gasteiger partial charge in [0.15, 0.2) is 0 Å². The summed E-state index contributed by atoms with van der Waals surface area (Å²) in [7, 11) is 2.05. The van der Waals surface area contributed by atoms with Gasteiger partial charge in [0.2, 0.25) is 0 Å². The average molecular weight is 215 g/mol. The molecule has 1 aromatic heterocycles. The Kier molecular flexibility index (Phi) is 2.04. The molecule has 0 spiro atoms. The Morgan fingerprint density at radius 1 is 1.44 bits per heavy atom. The van der Waals surface area contributed by atoms with Crippen LogP contribution in [0, 0.1) is 0 Å². The zero-order valence-corrected chi connectivity index (χ0v) is 9.61. The van der Waals surface area contributed by atoms with E-state index < -0.39 is 0 Å². The van der Waals surface area contributed by atoms with Crippen LogP contribution >= 0.6 is 0 Å². The molecule has 1 aliphatic rings. The number of hydrogen-bond donors (Lipinski definition) is 1. The van der Waals surface area contributed by atoms with Crippen LogP contribution in [0.1, 0.15) is 24.8 Å². The molecule has 0 unspecified atom stereocenters. The van der Waals surface area contributed by atoms with Gasteiger partial charge in [0.05, 0.1) is 17.4 Å². The topological polar surface area (TPSA) is 43.8 Å². The summed E-state index contributed by atoms with van der Waals surface area (Å²) in [5, 5.41) is 0. The predicted molar refractivity (Wildman–Crippen MR) is 65.2 cm³/mol. The van der Waals surface area contributed by atoms with Gasteiger partial charge in [-0.15, -0.1) is 0 Å². The standard InChI is InChI=1S/C13H17N3/c1-16-9-15-11-4-2-3-10(12(11)16)5-6-13(14)7-8-13/h2-4,9H,5-8,14H2,1H3. The van der Waals surface area contributed by atoms with Gasteiger partial charge >= 0.3 is 0 Å². The highest BCUT2D eigenvalue weighted by Gasteiger charge is 2.37. The Morgan fingerprint density at radius 2 is 2.25 bits per heavy atom. The number of rotatable bonds is 3. The molecule has 1 fully saturated rings. The van der Waals surface area contributed by atoms with E-state index in [1.807, 2.05) is 13.4 Å². The van der Waals surface area contributed by atoms with Gasteiger partial charge in [0.1, 0.15) is 0 Å². The SMILES string of the molecule is Cn1cnc2cccc(CCC3(N)CC3)c21. The third-order valence-corrected chi connectivity index (χ3v) is 3.61. The van der Waals surface area contributed by atoms with Gasteiger partial charge in [-0.3, -0.25) is 0 Å². The number of imidazole rings is 1. The smallest absolute Gasteiger partial charge is 0.0955 e. The van der Waals surface area contributed by atoms with Crippen LogP contribution in [0.3, 0.4) is 0 Å². The first-order valence-electron chi connectivity index (χ1n) is 5.86. The van der Waals surface area contributed by atoms with Crippen LogP contribution in [0.4, 0.5) is 0 Å². The van der Waals surface area contributed by atoms with E-state index in [0.29, 0.717) is 0 Å².